The number of halogens is 1. The van der Waals surface area contributed by atoms with Gasteiger partial charge in [-0.25, -0.2) is 0 Å². The van der Waals surface area contributed by atoms with Gasteiger partial charge in [0.1, 0.15) is 0 Å². The van der Waals surface area contributed by atoms with E-state index in [0.29, 0.717) is 6.54 Å². The van der Waals surface area contributed by atoms with Crippen LogP contribution < -0.4 is 5.73 Å². The lowest BCUT2D eigenvalue weighted by Gasteiger charge is -1.99. The molecule has 0 amide bonds. The Morgan fingerprint density at radius 1 is 1.29 bits per heavy atom. The first kappa shape index (κ1) is 13.7. The number of hydrogen-bond acceptors (Lipinski definition) is 2. The summed E-state index contributed by atoms with van der Waals surface area (Å²) in [5.74, 6) is 0. The van der Waals surface area contributed by atoms with Gasteiger partial charge in [0.05, 0.1) is 6.20 Å². The first-order chi connectivity index (χ1) is 7.79. The molecule has 0 aliphatic rings. The maximum atomic E-state index is 5.47. The van der Waals surface area contributed by atoms with Crippen LogP contribution in [0.5, 0.6) is 0 Å². The number of aromatic nitrogens is 2. The molecule has 0 saturated heterocycles. The summed E-state index contributed by atoms with van der Waals surface area (Å²) in [5.41, 5.74) is 9.13. The SMILES string of the molecule is Cc1cccc(-c2cnn(CCCN)c2)c1.Cl. The van der Waals surface area contributed by atoms with E-state index < -0.39 is 0 Å². The average molecular weight is 252 g/mol. The summed E-state index contributed by atoms with van der Waals surface area (Å²) < 4.78 is 1.95. The molecular formula is C13H18ClN3. The Bertz CT molecular complexity index is 465. The number of nitrogens with zero attached hydrogens (tertiary/aromatic N) is 2. The normalized spacial score (nSPS) is 10.0. The lowest BCUT2D eigenvalue weighted by atomic mass is 10.1. The van der Waals surface area contributed by atoms with Crippen LogP contribution in [0.3, 0.4) is 0 Å². The molecule has 1 aromatic carbocycles. The zero-order valence-electron chi connectivity index (χ0n) is 9.97. The van der Waals surface area contributed by atoms with Gasteiger partial charge >= 0.3 is 0 Å². The van der Waals surface area contributed by atoms with Crippen molar-refractivity contribution >= 4 is 12.4 Å². The Balaban J connectivity index is 0.00000144. The first-order valence-electron chi connectivity index (χ1n) is 5.59. The topological polar surface area (TPSA) is 43.8 Å². The van der Waals surface area contributed by atoms with E-state index in [2.05, 4.69) is 42.5 Å². The largest absolute Gasteiger partial charge is 0.330 e. The molecule has 0 atom stereocenters. The third kappa shape index (κ3) is 3.58. The summed E-state index contributed by atoms with van der Waals surface area (Å²) >= 11 is 0. The summed E-state index contributed by atoms with van der Waals surface area (Å²) in [6.07, 6.45) is 4.95. The van der Waals surface area contributed by atoms with Crippen LogP contribution in [-0.2, 0) is 6.54 Å². The van der Waals surface area contributed by atoms with Crippen molar-refractivity contribution in [2.24, 2.45) is 5.73 Å². The second-order valence-electron chi connectivity index (χ2n) is 4.00. The van der Waals surface area contributed by atoms with Crippen LogP contribution in [-0.4, -0.2) is 16.3 Å². The Morgan fingerprint density at radius 2 is 2.12 bits per heavy atom. The van der Waals surface area contributed by atoms with Gasteiger partial charge in [-0.2, -0.15) is 5.10 Å². The molecule has 0 spiro atoms. The van der Waals surface area contributed by atoms with Crippen LogP contribution in [0.4, 0.5) is 0 Å². The van der Waals surface area contributed by atoms with Crippen LogP contribution >= 0.6 is 12.4 Å². The van der Waals surface area contributed by atoms with E-state index in [1.54, 1.807) is 0 Å². The van der Waals surface area contributed by atoms with E-state index >= 15 is 0 Å². The van der Waals surface area contributed by atoms with Gasteiger partial charge in [-0.3, -0.25) is 4.68 Å². The molecule has 92 valence electrons. The number of hydrogen-bond donors (Lipinski definition) is 1. The Hall–Kier alpha value is -1.32. The summed E-state index contributed by atoms with van der Waals surface area (Å²) in [4.78, 5) is 0. The molecule has 4 heteroatoms. The third-order valence-electron chi connectivity index (χ3n) is 2.58. The lowest BCUT2D eigenvalue weighted by Crippen LogP contribution is -2.05. The molecule has 2 aromatic rings. The van der Waals surface area contributed by atoms with Crippen molar-refractivity contribution in [3.63, 3.8) is 0 Å². The van der Waals surface area contributed by atoms with Gasteiger partial charge in [0.15, 0.2) is 0 Å². The highest BCUT2D eigenvalue weighted by Gasteiger charge is 2.01. The fraction of sp³-hybridized carbons (Fsp3) is 0.308. The molecule has 0 unspecified atom stereocenters. The molecule has 2 N–H and O–H groups in total. The second-order valence-corrected chi connectivity index (χ2v) is 4.00. The average Bonchev–Trinajstić information content (AvgIpc) is 2.75. The molecule has 2 rings (SSSR count). The first-order valence-corrected chi connectivity index (χ1v) is 5.59. The molecule has 0 saturated carbocycles. The Kier molecular flexibility index (Phi) is 5.19. The monoisotopic (exact) mass is 251 g/mol. The molecular weight excluding hydrogens is 234 g/mol. The highest BCUT2D eigenvalue weighted by Crippen LogP contribution is 2.19. The van der Waals surface area contributed by atoms with Gasteiger partial charge in [0.25, 0.3) is 0 Å². The minimum atomic E-state index is 0. The van der Waals surface area contributed by atoms with Gasteiger partial charge in [0, 0.05) is 18.3 Å². The van der Waals surface area contributed by atoms with Crippen molar-refractivity contribution in [2.45, 2.75) is 19.9 Å². The van der Waals surface area contributed by atoms with E-state index in [-0.39, 0.29) is 12.4 Å². The van der Waals surface area contributed by atoms with Crippen LogP contribution in [0.2, 0.25) is 0 Å². The molecule has 3 nitrogen and oxygen atoms in total. The number of aryl methyl sites for hydroxylation is 2. The van der Waals surface area contributed by atoms with Crippen LogP contribution in [0.25, 0.3) is 11.1 Å². The van der Waals surface area contributed by atoms with E-state index in [9.17, 15) is 0 Å². The van der Waals surface area contributed by atoms with Gasteiger partial charge in [-0.15, -0.1) is 12.4 Å². The van der Waals surface area contributed by atoms with Crippen molar-refractivity contribution in [1.29, 1.82) is 0 Å². The number of rotatable bonds is 4. The zero-order chi connectivity index (χ0) is 11.4. The maximum absolute atomic E-state index is 5.47. The van der Waals surface area contributed by atoms with Crippen LogP contribution in [0, 0.1) is 6.92 Å². The molecule has 17 heavy (non-hydrogen) atoms. The van der Waals surface area contributed by atoms with E-state index in [1.165, 1.54) is 16.7 Å². The molecule has 0 fully saturated rings. The van der Waals surface area contributed by atoms with Gasteiger partial charge in [-0.1, -0.05) is 29.8 Å². The van der Waals surface area contributed by atoms with Gasteiger partial charge in [-0.05, 0) is 25.5 Å². The Labute approximate surface area is 108 Å². The molecule has 0 aliphatic heterocycles. The van der Waals surface area contributed by atoms with Crippen molar-refractivity contribution < 1.29 is 0 Å². The van der Waals surface area contributed by atoms with E-state index in [0.717, 1.165) is 13.0 Å². The minimum Gasteiger partial charge on any atom is -0.330 e. The molecule has 1 aromatic heterocycles. The standard InChI is InChI=1S/C13H17N3.ClH/c1-11-4-2-5-12(8-11)13-9-15-16(10-13)7-3-6-14;/h2,4-5,8-10H,3,6-7,14H2,1H3;1H. The van der Waals surface area contributed by atoms with E-state index in [1.807, 2.05) is 10.9 Å². The van der Waals surface area contributed by atoms with Crippen LogP contribution in [0.1, 0.15) is 12.0 Å². The number of benzene rings is 1. The summed E-state index contributed by atoms with van der Waals surface area (Å²) in [6, 6.07) is 8.45. The molecule has 0 radical (unpaired) electrons. The predicted octanol–water partition coefficient (Wildman–Crippen LogP) is 2.63. The lowest BCUT2D eigenvalue weighted by molar-refractivity contribution is 0.585. The third-order valence-corrected chi connectivity index (χ3v) is 2.58. The van der Waals surface area contributed by atoms with Crippen molar-refractivity contribution in [2.75, 3.05) is 6.54 Å². The fourth-order valence-electron chi connectivity index (χ4n) is 1.71. The zero-order valence-corrected chi connectivity index (χ0v) is 10.8. The number of nitrogens with two attached hydrogens (primary N) is 1. The maximum Gasteiger partial charge on any atom is 0.0568 e. The minimum absolute atomic E-state index is 0. The Morgan fingerprint density at radius 3 is 2.82 bits per heavy atom. The van der Waals surface area contributed by atoms with Gasteiger partial charge in [0.2, 0.25) is 0 Å². The van der Waals surface area contributed by atoms with E-state index in [4.69, 9.17) is 5.73 Å². The summed E-state index contributed by atoms with van der Waals surface area (Å²) in [7, 11) is 0. The quantitative estimate of drug-likeness (QED) is 0.908. The predicted molar refractivity (Wildman–Crippen MR) is 73.3 cm³/mol. The highest BCUT2D eigenvalue weighted by atomic mass is 35.5. The van der Waals surface area contributed by atoms with Gasteiger partial charge < -0.3 is 5.73 Å². The second kappa shape index (κ2) is 6.42. The smallest absolute Gasteiger partial charge is 0.0568 e. The van der Waals surface area contributed by atoms with Crippen molar-refractivity contribution in [3.8, 4) is 11.1 Å². The highest BCUT2D eigenvalue weighted by molar-refractivity contribution is 5.85. The van der Waals surface area contributed by atoms with Crippen molar-refractivity contribution in [3.05, 3.63) is 42.2 Å². The summed E-state index contributed by atoms with van der Waals surface area (Å²) in [6.45, 7) is 3.70. The molecule has 0 bridgehead atoms. The fourth-order valence-corrected chi connectivity index (χ4v) is 1.71. The van der Waals surface area contributed by atoms with Crippen LogP contribution in [0.15, 0.2) is 36.7 Å². The molecule has 1 heterocycles. The summed E-state index contributed by atoms with van der Waals surface area (Å²) in [5, 5.41) is 4.32. The van der Waals surface area contributed by atoms with Crippen molar-refractivity contribution in [1.82, 2.24) is 9.78 Å². The molecule has 0 aliphatic carbocycles.